The van der Waals surface area contributed by atoms with Crippen LogP contribution in [0.5, 0.6) is 0 Å². The summed E-state index contributed by atoms with van der Waals surface area (Å²) in [5.41, 5.74) is 5.06. The molecule has 1 amide bonds. The van der Waals surface area contributed by atoms with E-state index in [0.717, 1.165) is 16.7 Å². The number of anilines is 1. The number of carbonyl (C=O) groups excluding carboxylic acids is 1. The second-order valence-electron chi connectivity index (χ2n) is 8.22. The van der Waals surface area contributed by atoms with Crippen molar-refractivity contribution in [2.45, 2.75) is 39.0 Å². The Balaban J connectivity index is 1.90. The van der Waals surface area contributed by atoms with Gasteiger partial charge in [-0.1, -0.05) is 60.2 Å². The van der Waals surface area contributed by atoms with Gasteiger partial charge < -0.3 is 5.32 Å². The number of rotatable bonds is 8. The summed E-state index contributed by atoms with van der Waals surface area (Å²) in [6, 6.07) is 20.9. The van der Waals surface area contributed by atoms with Gasteiger partial charge in [-0.05, 0) is 68.5 Å². The summed E-state index contributed by atoms with van der Waals surface area (Å²) in [6.07, 6.45) is 0.516. The zero-order chi connectivity index (χ0) is 23.3. The third-order valence-corrected chi connectivity index (χ3v) is 7.47. The molecule has 5 nitrogen and oxygen atoms in total. The van der Waals surface area contributed by atoms with E-state index in [1.807, 2.05) is 74.5 Å². The van der Waals surface area contributed by atoms with Crippen LogP contribution in [0.3, 0.4) is 0 Å². The predicted octanol–water partition coefficient (Wildman–Crippen LogP) is 4.79. The first-order chi connectivity index (χ1) is 15.2. The van der Waals surface area contributed by atoms with Crippen molar-refractivity contribution >= 4 is 21.6 Å². The molecular formula is C26H30N2O3S. The second-order valence-corrected chi connectivity index (χ2v) is 10.1. The molecule has 0 heterocycles. The van der Waals surface area contributed by atoms with Gasteiger partial charge in [0, 0.05) is 12.2 Å². The molecule has 6 heteroatoms. The maximum Gasteiger partial charge on any atom is 0.244 e. The zero-order valence-corrected chi connectivity index (χ0v) is 19.9. The Morgan fingerprint density at radius 2 is 1.50 bits per heavy atom. The van der Waals surface area contributed by atoms with Crippen LogP contribution in [-0.4, -0.2) is 31.7 Å². The van der Waals surface area contributed by atoms with Gasteiger partial charge >= 0.3 is 0 Å². The van der Waals surface area contributed by atoms with Crippen molar-refractivity contribution in [3.05, 3.63) is 94.5 Å². The molecule has 0 saturated heterocycles. The molecule has 0 saturated carbocycles. The molecule has 0 aliphatic heterocycles. The molecule has 0 spiro atoms. The highest BCUT2D eigenvalue weighted by Crippen LogP contribution is 2.25. The van der Waals surface area contributed by atoms with Gasteiger partial charge in [-0.15, -0.1) is 0 Å². The van der Waals surface area contributed by atoms with E-state index in [0.29, 0.717) is 23.2 Å². The standard InChI is InChI=1S/C26H30N2O3S/c1-19-9-8-12-24(17-19)27-25(29)18-28(14-13-23-10-6-5-7-11-23)32(30,31)26-21(3)15-20(2)16-22(26)4/h5-12,15-17H,13-14,18H2,1-4H3,(H,27,29). The van der Waals surface area contributed by atoms with Crippen LogP contribution in [0.15, 0.2) is 71.6 Å². The maximum absolute atomic E-state index is 13.7. The van der Waals surface area contributed by atoms with Gasteiger partial charge in [-0.3, -0.25) is 4.79 Å². The molecular weight excluding hydrogens is 420 g/mol. The van der Waals surface area contributed by atoms with Gasteiger partial charge in [-0.2, -0.15) is 4.31 Å². The Bertz CT molecular complexity index is 1180. The number of benzene rings is 3. The van der Waals surface area contributed by atoms with Crippen molar-refractivity contribution in [2.75, 3.05) is 18.4 Å². The summed E-state index contributed by atoms with van der Waals surface area (Å²) < 4.78 is 28.7. The summed E-state index contributed by atoms with van der Waals surface area (Å²) in [7, 11) is -3.87. The van der Waals surface area contributed by atoms with Crippen molar-refractivity contribution in [3.63, 3.8) is 0 Å². The molecule has 0 radical (unpaired) electrons. The highest BCUT2D eigenvalue weighted by Gasteiger charge is 2.29. The first-order valence-corrected chi connectivity index (χ1v) is 12.1. The van der Waals surface area contributed by atoms with Gasteiger partial charge in [0.05, 0.1) is 11.4 Å². The zero-order valence-electron chi connectivity index (χ0n) is 19.1. The molecule has 1 N–H and O–H groups in total. The van der Waals surface area contributed by atoms with E-state index < -0.39 is 10.0 Å². The van der Waals surface area contributed by atoms with Gasteiger partial charge in [0.15, 0.2) is 0 Å². The molecule has 32 heavy (non-hydrogen) atoms. The molecule has 0 aromatic heterocycles. The Morgan fingerprint density at radius 1 is 0.844 bits per heavy atom. The molecule has 0 bridgehead atoms. The van der Waals surface area contributed by atoms with E-state index in [4.69, 9.17) is 0 Å². The Labute approximate surface area is 191 Å². The number of carbonyl (C=O) groups is 1. The molecule has 3 aromatic rings. The molecule has 0 fully saturated rings. The van der Waals surface area contributed by atoms with Crippen LogP contribution in [0, 0.1) is 27.7 Å². The Kier molecular flexibility index (Phi) is 7.48. The number of nitrogens with zero attached hydrogens (tertiary/aromatic N) is 1. The molecule has 0 atom stereocenters. The molecule has 0 unspecified atom stereocenters. The quantitative estimate of drug-likeness (QED) is 0.536. The van der Waals surface area contributed by atoms with Gasteiger partial charge in [0.1, 0.15) is 0 Å². The SMILES string of the molecule is Cc1cccc(NC(=O)CN(CCc2ccccc2)S(=O)(=O)c2c(C)cc(C)cc2C)c1. The maximum atomic E-state index is 13.7. The van der Waals surface area contributed by atoms with E-state index >= 15 is 0 Å². The minimum Gasteiger partial charge on any atom is -0.325 e. The molecule has 0 aliphatic rings. The van der Waals surface area contributed by atoms with Crippen LogP contribution in [0.2, 0.25) is 0 Å². The van der Waals surface area contributed by atoms with Crippen LogP contribution in [0.4, 0.5) is 5.69 Å². The van der Waals surface area contributed by atoms with Crippen LogP contribution >= 0.6 is 0 Å². The highest BCUT2D eigenvalue weighted by molar-refractivity contribution is 7.89. The third-order valence-electron chi connectivity index (χ3n) is 5.32. The lowest BCUT2D eigenvalue weighted by molar-refractivity contribution is -0.116. The van der Waals surface area contributed by atoms with E-state index in [1.165, 1.54) is 4.31 Å². The lowest BCUT2D eigenvalue weighted by atomic mass is 10.1. The first kappa shape index (κ1) is 23.7. The molecule has 168 valence electrons. The van der Waals surface area contributed by atoms with Crippen molar-refractivity contribution in [3.8, 4) is 0 Å². The lowest BCUT2D eigenvalue weighted by Crippen LogP contribution is -2.39. The van der Waals surface area contributed by atoms with Gasteiger partial charge in [0.25, 0.3) is 0 Å². The normalized spacial score (nSPS) is 11.5. The largest absolute Gasteiger partial charge is 0.325 e. The Morgan fingerprint density at radius 3 is 2.12 bits per heavy atom. The average molecular weight is 451 g/mol. The van der Waals surface area contributed by atoms with Crippen molar-refractivity contribution in [2.24, 2.45) is 0 Å². The monoisotopic (exact) mass is 450 g/mol. The lowest BCUT2D eigenvalue weighted by Gasteiger charge is -2.24. The summed E-state index contributed by atoms with van der Waals surface area (Å²) in [5.74, 6) is -0.366. The van der Waals surface area contributed by atoms with Gasteiger partial charge in [-0.25, -0.2) is 8.42 Å². The number of aryl methyl sites for hydroxylation is 4. The van der Waals surface area contributed by atoms with E-state index in [1.54, 1.807) is 19.9 Å². The topological polar surface area (TPSA) is 66.5 Å². The number of nitrogens with one attached hydrogen (secondary N) is 1. The molecule has 0 aliphatic carbocycles. The minimum absolute atomic E-state index is 0.209. The molecule has 3 rings (SSSR count). The first-order valence-electron chi connectivity index (χ1n) is 10.7. The summed E-state index contributed by atoms with van der Waals surface area (Å²) in [4.78, 5) is 13.1. The fourth-order valence-corrected chi connectivity index (χ4v) is 5.78. The third kappa shape index (κ3) is 5.84. The van der Waals surface area contributed by atoms with Crippen LogP contribution < -0.4 is 5.32 Å². The summed E-state index contributed by atoms with van der Waals surface area (Å²) in [6.45, 7) is 7.44. The fraction of sp³-hybridized carbons (Fsp3) is 0.269. The van der Waals surface area contributed by atoms with Crippen LogP contribution in [0.25, 0.3) is 0 Å². The van der Waals surface area contributed by atoms with Gasteiger partial charge in [0.2, 0.25) is 15.9 Å². The van der Waals surface area contributed by atoms with Crippen molar-refractivity contribution < 1.29 is 13.2 Å². The second kappa shape index (κ2) is 10.1. The highest BCUT2D eigenvalue weighted by atomic mass is 32.2. The van der Waals surface area contributed by atoms with E-state index in [-0.39, 0.29) is 23.9 Å². The number of amides is 1. The van der Waals surface area contributed by atoms with Crippen molar-refractivity contribution in [1.82, 2.24) is 4.31 Å². The predicted molar refractivity (Wildman–Crippen MR) is 129 cm³/mol. The number of hydrogen-bond acceptors (Lipinski definition) is 3. The smallest absolute Gasteiger partial charge is 0.244 e. The minimum atomic E-state index is -3.87. The van der Waals surface area contributed by atoms with Crippen LogP contribution in [-0.2, 0) is 21.2 Å². The summed E-state index contributed by atoms with van der Waals surface area (Å²) >= 11 is 0. The van der Waals surface area contributed by atoms with E-state index in [9.17, 15) is 13.2 Å². The van der Waals surface area contributed by atoms with E-state index in [2.05, 4.69) is 5.32 Å². The van der Waals surface area contributed by atoms with Crippen LogP contribution in [0.1, 0.15) is 27.8 Å². The number of sulfonamides is 1. The summed E-state index contributed by atoms with van der Waals surface area (Å²) in [5, 5.41) is 2.83. The van der Waals surface area contributed by atoms with Crippen molar-refractivity contribution in [1.29, 1.82) is 0 Å². The molecule has 3 aromatic carbocycles. The fourth-order valence-electron chi connectivity index (χ4n) is 3.97. The average Bonchev–Trinajstić information content (AvgIpc) is 2.70. The Hall–Kier alpha value is -2.96. The number of hydrogen-bond donors (Lipinski definition) is 1.